The van der Waals surface area contributed by atoms with Gasteiger partial charge in [-0.3, -0.25) is 9.79 Å². The summed E-state index contributed by atoms with van der Waals surface area (Å²) in [5, 5.41) is 20.0. The van der Waals surface area contributed by atoms with Crippen LogP contribution in [-0.2, 0) is 4.79 Å². The number of hydrogen-bond acceptors (Lipinski definition) is 5. The van der Waals surface area contributed by atoms with Gasteiger partial charge in [0.1, 0.15) is 5.76 Å². The Bertz CT molecular complexity index is 578. The number of benzene rings is 1. The van der Waals surface area contributed by atoms with E-state index in [1.807, 2.05) is 0 Å². The van der Waals surface area contributed by atoms with Crippen LogP contribution in [0.3, 0.4) is 0 Å². The third-order valence-corrected chi connectivity index (χ3v) is 2.59. The summed E-state index contributed by atoms with van der Waals surface area (Å²) in [6.45, 7) is 0.0166. The Labute approximate surface area is 152 Å². The van der Waals surface area contributed by atoms with E-state index in [0.29, 0.717) is 11.1 Å². The van der Waals surface area contributed by atoms with Gasteiger partial charge in [0.05, 0.1) is 5.57 Å². The average Bonchev–Trinajstić information content (AvgIpc) is 2.59. The van der Waals surface area contributed by atoms with Gasteiger partial charge in [-0.15, -0.1) is 0 Å². The van der Waals surface area contributed by atoms with Crippen molar-refractivity contribution in [2.75, 3.05) is 6.54 Å². The normalized spacial score (nSPS) is 13.6. The molecule has 0 fully saturated rings. The number of carbonyl (C=O) groups is 2. The third kappa shape index (κ3) is 3.61. The number of aliphatic imine (C=N–C) groups is 1. The minimum absolute atomic E-state index is 0. The summed E-state index contributed by atoms with van der Waals surface area (Å²) in [6, 6.07) is 6.69. The molecule has 0 atom stereocenters. The summed E-state index contributed by atoms with van der Waals surface area (Å²) in [5.74, 6) is -1.63. The molecule has 0 spiro atoms. The summed E-state index contributed by atoms with van der Waals surface area (Å²) in [4.78, 5) is 25.9. The van der Waals surface area contributed by atoms with E-state index < -0.39 is 5.97 Å². The van der Waals surface area contributed by atoms with Crippen LogP contribution >= 0.6 is 0 Å². The molecule has 0 saturated carbocycles. The number of carboxylic acid groups (broad SMARTS) is 1. The van der Waals surface area contributed by atoms with Crippen LogP contribution in [-0.4, -0.2) is 29.6 Å². The number of fused-ring (bicyclic) bond motifs is 1. The van der Waals surface area contributed by atoms with Crippen LogP contribution in [0.5, 0.6) is 0 Å². The molecule has 6 heteroatoms. The molecule has 5 nitrogen and oxygen atoms in total. The standard InChI is InChI=1S/C13H11NO4.K/c15-11(16)5-6-14-7-10-12(17)8-3-1-2-4-9(8)13(10)18;/h1-4,7,17H,5-6H2,(H,15,16);/q;+1/p-1. The number of allylic oxidation sites excluding steroid dienone is 1. The van der Waals surface area contributed by atoms with Crippen molar-refractivity contribution in [3.63, 3.8) is 0 Å². The summed E-state index contributed by atoms with van der Waals surface area (Å²) in [6.07, 6.45) is 0.992. The first-order valence-corrected chi connectivity index (χ1v) is 5.38. The van der Waals surface area contributed by atoms with Crippen LogP contribution in [0.25, 0.3) is 5.76 Å². The molecule has 1 aliphatic carbocycles. The van der Waals surface area contributed by atoms with Gasteiger partial charge in [0.25, 0.3) is 0 Å². The van der Waals surface area contributed by atoms with Crippen molar-refractivity contribution in [3.05, 3.63) is 41.0 Å². The predicted molar refractivity (Wildman–Crippen MR) is 63.3 cm³/mol. The van der Waals surface area contributed by atoms with Crippen LogP contribution in [0.2, 0.25) is 0 Å². The molecule has 0 aromatic heterocycles. The second kappa shape index (κ2) is 7.11. The van der Waals surface area contributed by atoms with Gasteiger partial charge in [0, 0.05) is 36.3 Å². The second-order valence-corrected chi connectivity index (χ2v) is 3.79. The maximum Gasteiger partial charge on any atom is 1.00 e. The van der Waals surface area contributed by atoms with E-state index in [9.17, 15) is 19.8 Å². The maximum atomic E-state index is 11.9. The minimum Gasteiger partial charge on any atom is -0.550 e. The molecule has 0 saturated heterocycles. The van der Waals surface area contributed by atoms with Gasteiger partial charge in [0.15, 0.2) is 5.78 Å². The average molecular weight is 283 g/mol. The number of aliphatic hydroxyl groups is 1. The number of carboxylic acids is 1. The molecule has 1 aromatic carbocycles. The molecule has 0 radical (unpaired) electrons. The number of aliphatic hydroxyl groups excluding tert-OH is 1. The molecular formula is C13H10KNO4. The zero-order valence-electron chi connectivity index (χ0n) is 10.4. The number of Topliss-reactive ketones (excluding diaryl/α,β-unsaturated/α-hetero) is 1. The number of ketones is 1. The Morgan fingerprint density at radius 2 is 1.95 bits per heavy atom. The Kier molecular flexibility index (Phi) is 6.09. The van der Waals surface area contributed by atoms with Gasteiger partial charge < -0.3 is 15.0 Å². The molecule has 0 aliphatic heterocycles. The maximum absolute atomic E-state index is 11.9. The Hall–Kier alpha value is -0.794. The summed E-state index contributed by atoms with van der Waals surface area (Å²) < 4.78 is 0. The SMILES string of the molecule is O=C([O-])CCN=CC1=C(O)c2ccccc2C1=O.[K+]. The van der Waals surface area contributed by atoms with E-state index in [0.717, 1.165) is 0 Å². The molecule has 92 valence electrons. The zero-order valence-corrected chi connectivity index (χ0v) is 13.5. The molecular weight excluding hydrogens is 273 g/mol. The first kappa shape index (κ1) is 16.3. The fourth-order valence-electron chi connectivity index (χ4n) is 1.72. The molecule has 2 rings (SSSR count). The van der Waals surface area contributed by atoms with Crippen LogP contribution in [0.15, 0.2) is 34.8 Å². The van der Waals surface area contributed by atoms with Gasteiger partial charge in [-0.05, 0) is 0 Å². The topological polar surface area (TPSA) is 89.8 Å². The first-order chi connectivity index (χ1) is 8.61. The fourth-order valence-corrected chi connectivity index (χ4v) is 1.72. The minimum atomic E-state index is -1.20. The third-order valence-electron chi connectivity index (χ3n) is 2.59. The number of carbonyl (C=O) groups excluding carboxylic acids is 2. The van der Waals surface area contributed by atoms with E-state index in [1.165, 1.54) is 6.21 Å². The van der Waals surface area contributed by atoms with Crippen molar-refractivity contribution in [1.29, 1.82) is 0 Å². The van der Waals surface area contributed by atoms with Gasteiger partial charge in [-0.1, -0.05) is 24.3 Å². The van der Waals surface area contributed by atoms with Crippen LogP contribution < -0.4 is 56.5 Å². The van der Waals surface area contributed by atoms with Crippen LogP contribution in [0, 0.1) is 0 Å². The summed E-state index contributed by atoms with van der Waals surface area (Å²) in [5.41, 5.74) is 0.995. The van der Waals surface area contributed by atoms with Crippen molar-refractivity contribution in [2.24, 2.45) is 4.99 Å². The molecule has 1 aliphatic rings. The van der Waals surface area contributed by atoms with Gasteiger partial charge in [0.2, 0.25) is 0 Å². The van der Waals surface area contributed by atoms with Gasteiger partial charge in [-0.25, -0.2) is 0 Å². The number of aliphatic carboxylic acids is 1. The number of rotatable bonds is 4. The number of nitrogens with zero attached hydrogens (tertiary/aromatic N) is 1. The number of hydrogen-bond donors (Lipinski definition) is 1. The van der Waals surface area contributed by atoms with E-state index in [4.69, 9.17) is 0 Å². The van der Waals surface area contributed by atoms with Crippen molar-refractivity contribution in [2.45, 2.75) is 6.42 Å². The van der Waals surface area contributed by atoms with Crippen molar-refractivity contribution >= 4 is 23.7 Å². The quantitative estimate of drug-likeness (QED) is 0.483. The van der Waals surface area contributed by atoms with Crippen LogP contribution in [0.1, 0.15) is 22.3 Å². The van der Waals surface area contributed by atoms with Crippen molar-refractivity contribution in [1.82, 2.24) is 0 Å². The van der Waals surface area contributed by atoms with Crippen molar-refractivity contribution < 1.29 is 71.2 Å². The zero-order chi connectivity index (χ0) is 13.1. The Balaban J connectivity index is 0.00000180. The molecule has 1 aromatic rings. The molecule has 1 N–H and O–H groups in total. The molecule has 0 bridgehead atoms. The van der Waals surface area contributed by atoms with Crippen LogP contribution in [0.4, 0.5) is 0 Å². The molecule has 0 amide bonds. The monoisotopic (exact) mass is 283 g/mol. The van der Waals surface area contributed by atoms with E-state index >= 15 is 0 Å². The fraction of sp³-hybridized carbons (Fsp3) is 0.154. The van der Waals surface area contributed by atoms with E-state index in [1.54, 1.807) is 24.3 Å². The molecule has 0 unspecified atom stereocenters. The smallest absolute Gasteiger partial charge is 0.550 e. The van der Waals surface area contributed by atoms with Gasteiger partial charge in [-0.2, -0.15) is 0 Å². The van der Waals surface area contributed by atoms with Crippen molar-refractivity contribution in [3.8, 4) is 0 Å². The van der Waals surface area contributed by atoms with Gasteiger partial charge >= 0.3 is 51.4 Å². The second-order valence-electron chi connectivity index (χ2n) is 3.79. The Morgan fingerprint density at radius 1 is 1.32 bits per heavy atom. The first-order valence-electron chi connectivity index (χ1n) is 5.38. The molecule has 0 heterocycles. The van der Waals surface area contributed by atoms with E-state index in [-0.39, 0.29) is 81.5 Å². The summed E-state index contributed by atoms with van der Waals surface area (Å²) >= 11 is 0. The largest absolute Gasteiger partial charge is 1.00 e. The van der Waals surface area contributed by atoms with E-state index in [2.05, 4.69) is 4.99 Å². The summed E-state index contributed by atoms with van der Waals surface area (Å²) in [7, 11) is 0. The predicted octanol–water partition coefficient (Wildman–Crippen LogP) is -2.63. The molecule has 19 heavy (non-hydrogen) atoms. The Morgan fingerprint density at radius 3 is 2.53 bits per heavy atom.